The molecule has 0 aliphatic heterocycles. The van der Waals surface area contributed by atoms with Gasteiger partial charge in [0.2, 0.25) is 0 Å². The van der Waals surface area contributed by atoms with Crippen LogP contribution >= 0.6 is 11.6 Å². The van der Waals surface area contributed by atoms with Crippen LogP contribution in [-0.4, -0.2) is 0 Å². The normalized spacial score (nSPS) is 21.2. The summed E-state index contributed by atoms with van der Waals surface area (Å²) < 4.78 is 40.3. The van der Waals surface area contributed by atoms with E-state index in [0.717, 1.165) is 23.6 Å². The number of halogens is 4. The first kappa shape index (κ1) is 14.5. The molecule has 0 bridgehead atoms. The molecule has 1 aliphatic rings. The summed E-state index contributed by atoms with van der Waals surface area (Å²) in [6.45, 7) is 2.05. The molecule has 3 rings (SSSR count). The molecule has 2 aromatic carbocycles. The lowest BCUT2D eigenvalue weighted by molar-refractivity contribution is 0.422. The van der Waals surface area contributed by atoms with Crippen molar-refractivity contribution < 1.29 is 13.2 Å². The molecule has 1 aliphatic carbocycles. The molecule has 4 heteroatoms. The monoisotopic (exact) mass is 310 g/mol. The minimum Gasteiger partial charge on any atom is -0.207 e. The van der Waals surface area contributed by atoms with Gasteiger partial charge in [0.1, 0.15) is 5.82 Å². The van der Waals surface area contributed by atoms with Gasteiger partial charge < -0.3 is 0 Å². The van der Waals surface area contributed by atoms with Crippen LogP contribution in [-0.2, 0) is 12.8 Å². The Morgan fingerprint density at radius 3 is 2.52 bits per heavy atom. The molecule has 0 amide bonds. The Morgan fingerprint density at radius 1 is 1.00 bits per heavy atom. The molecule has 0 N–H and O–H groups in total. The Hall–Kier alpha value is -1.48. The highest BCUT2D eigenvalue weighted by atomic mass is 35.5. The maximum absolute atomic E-state index is 13.7. The fourth-order valence-electron chi connectivity index (χ4n) is 3.15. The highest BCUT2D eigenvalue weighted by Crippen LogP contribution is 2.40. The smallest absolute Gasteiger partial charge is 0.177 e. The number of benzene rings is 2. The highest BCUT2D eigenvalue weighted by molar-refractivity contribution is 6.31. The van der Waals surface area contributed by atoms with E-state index in [1.807, 2.05) is 0 Å². The van der Waals surface area contributed by atoms with Gasteiger partial charge in [-0.2, -0.15) is 0 Å². The standard InChI is InChI=1S/C17H14ClF3/c1-9-6-10-2-3-12(19)7-11(10)8-14(9)13-4-5-15(20)17(21)16(13)18/h2-5,7,9,14H,6,8H2,1H3/t9?,14-/m0/s1. The van der Waals surface area contributed by atoms with Crippen molar-refractivity contribution in [3.8, 4) is 0 Å². The van der Waals surface area contributed by atoms with Crippen LogP contribution in [0.15, 0.2) is 30.3 Å². The number of hydrogen-bond donors (Lipinski definition) is 0. The summed E-state index contributed by atoms with van der Waals surface area (Å²) in [6.07, 6.45) is 1.36. The zero-order chi connectivity index (χ0) is 15.1. The van der Waals surface area contributed by atoms with Crippen molar-refractivity contribution in [1.29, 1.82) is 0 Å². The van der Waals surface area contributed by atoms with Gasteiger partial charge >= 0.3 is 0 Å². The first-order valence-electron chi connectivity index (χ1n) is 6.88. The Morgan fingerprint density at radius 2 is 1.76 bits per heavy atom. The van der Waals surface area contributed by atoms with Crippen LogP contribution in [0.25, 0.3) is 0 Å². The van der Waals surface area contributed by atoms with Crippen molar-refractivity contribution in [1.82, 2.24) is 0 Å². The van der Waals surface area contributed by atoms with Gasteiger partial charge in [0.25, 0.3) is 0 Å². The molecule has 0 aromatic heterocycles. The molecule has 0 nitrogen and oxygen atoms in total. The molecule has 0 spiro atoms. The summed E-state index contributed by atoms with van der Waals surface area (Å²) in [7, 11) is 0. The second-order valence-corrected chi connectivity index (χ2v) is 6.05. The van der Waals surface area contributed by atoms with E-state index in [2.05, 4.69) is 6.92 Å². The van der Waals surface area contributed by atoms with Crippen LogP contribution in [0.3, 0.4) is 0 Å². The van der Waals surface area contributed by atoms with Crippen molar-refractivity contribution in [2.24, 2.45) is 5.92 Å². The summed E-state index contributed by atoms with van der Waals surface area (Å²) in [5.41, 5.74) is 2.62. The predicted molar refractivity (Wildman–Crippen MR) is 77.1 cm³/mol. The van der Waals surface area contributed by atoms with Gasteiger partial charge in [-0.15, -0.1) is 0 Å². The van der Waals surface area contributed by atoms with Crippen LogP contribution in [0.5, 0.6) is 0 Å². The van der Waals surface area contributed by atoms with Gasteiger partial charge in [0.15, 0.2) is 11.6 Å². The fraction of sp³-hybridized carbons (Fsp3) is 0.294. The first-order chi connectivity index (χ1) is 9.97. The van der Waals surface area contributed by atoms with Crippen molar-refractivity contribution in [2.75, 3.05) is 0 Å². The summed E-state index contributed by atoms with van der Waals surface area (Å²) in [4.78, 5) is 0. The molecule has 0 saturated heterocycles. The maximum atomic E-state index is 13.7. The summed E-state index contributed by atoms with van der Waals surface area (Å²) in [6, 6.07) is 7.40. The van der Waals surface area contributed by atoms with E-state index in [0.29, 0.717) is 12.0 Å². The van der Waals surface area contributed by atoms with Gasteiger partial charge in [-0.1, -0.05) is 30.7 Å². The van der Waals surface area contributed by atoms with Gasteiger partial charge in [0.05, 0.1) is 5.02 Å². The van der Waals surface area contributed by atoms with E-state index in [1.54, 1.807) is 6.07 Å². The average molecular weight is 311 g/mol. The van der Waals surface area contributed by atoms with Gasteiger partial charge in [-0.25, -0.2) is 13.2 Å². The SMILES string of the molecule is CC1Cc2ccc(F)cc2C[C@@H]1c1ccc(F)c(F)c1Cl. The minimum absolute atomic E-state index is 0.0399. The van der Waals surface area contributed by atoms with E-state index in [-0.39, 0.29) is 22.7 Å². The summed E-state index contributed by atoms with van der Waals surface area (Å²) >= 11 is 5.97. The van der Waals surface area contributed by atoms with Crippen LogP contribution in [0.4, 0.5) is 13.2 Å². The molecule has 0 saturated carbocycles. The van der Waals surface area contributed by atoms with E-state index >= 15 is 0 Å². The lowest BCUT2D eigenvalue weighted by Gasteiger charge is -2.31. The number of fused-ring (bicyclic) bond motifs is 1. The van der Waals surface area contributed by atoms with Crippen molar-refractivity contribution in [3.05, 3.63) is 69.5 Å². The first-order valence-corrected chi connectivity index (χ1v) is 7.26. The minimum atomic E-state index is -1.01. The molecule has 110 valence electrons. The zero-order valence-electron chi connectivity index (χ0n) is 11.5. The molecule has 0 fully saturated rings. The molecular formula is C17H14ClF3. The largest absolute Gasteiger partial charge is 0.207 e. The predicted octanol–water partition coefficient (Wildman–Crippen LogP) is 5.28. The Balaban J connectivity index is 2.02. The van der Waals surface area contributed by atoms with Crippen molar-refractivity contribution >= 4 is 11.6 Å². The molecule has 0 heterocycles. The second kappa shape index (κ2) is 5.38. The van der Waals surface area contributed by atoms with Gasteiger partial charge in [-0.05, 0) is 59.6 Å². The third-order valence-corrected chi connectivity index (χ3v) is 4.69. The summed E-state index contributed by atoms with van der Waals surface area (Å²) in [5.74, 6) is -2.05. The Kier molecular flexibility index (Phi) is 3.70. The fourth-order valence-corrected chi connectivity index (χ4v) is 3.45. The van der Waals surface area contributed by atoms with E-state index in [1.165, 1.54) is 18.2 Å². The summed E-state index contributed by atoms with van der Waals surface area (Å²) in [5, 5.41) is -0.160. The zero-order valence-corrected chi connectivity index (χ0v) is 12.2. The average Bonchev–Trinajstić information content (AvgIpc) is 2.45. The van der Waals surface area contributed by atoms with Crippen LogP contribution < -0.4 is 0 Å². The van der Waals surface area contributed by atoms with Crippen LogP contribution in [0, 0.1) is 23.4 Å². The Labute approximate surface area is 126 Å². The molecular weight excluding hydrogens is 297 g/mol. The van der Waals surface area contributed by atoms with Crippen molar-refractivity contribution in [3.63, 3.8) is 0 Å². The number of rotatable bonds is 1. The molecule has 2 atom stereocenters. The molecule has 1 unspecified atom stereocenters. The lowest BCUT2D eigenvalue weighted by Crippen LogP contribution is -2.22. The van der Waals surface area contributed by atoms with E-state index in [4.69, 9.17) is 11.6 Å². The molecule has 2 aromatic rings. The second-order valence-electron chi connectivity index (χ2n) is 5.67. The molecule has 21 heavy (non-hydrogen) atoms. The van der Waals surface area contributed by atoms with Crippen LogP contribution in [0.2, 0.25) is 5.02 Å². The number of hydrogen-bond acceptors (Lipinski definition) is 0. The quantitative estimate of drug-likeness (QED) is 0.629. The highest BCUT2D eigenvalue weighted by Gasteiger charge is 2.29. The lowest BCUT2D eigenvalue weighted by atomic mass is 9.73. The third-order valence-electron chi connectivity index (χ3n) is 4.30. The molecule has 0 radical (unpaired) electrons. The van der Waals surface area contributed by atoms with Gasteiger partial charge in [-0.3, -0.25) is 0 Å². The third kappa shape index (κ3) is 2.55. The van der Waals surface area contributed by atoms with E-state index in [9.17, 15) is 13.2 Å². The van der Waals surface area contributed by atoms with Gasteiger partial charge in [0, 0.05) is 0 Å². The Bertz CT molecular complexity index is 697. The maximum Gasteiger partial charge on any atom is 0.177 e. The topological polar surface area (TPSA) is 0 Å². The van der Waals surface area contributed by atoms with Crippen molar-refractivity contribution in [2.45, 2.75) is 25.7 Å². The van der Waals surface area contributed by atoms with E-state index < -0.39 is 11.6 Å². The van der Waals surface area contributed by atoms with Crippen LogP contribution in [0.1, 0.15) is 29.5 Å².